The van der Waals surface area contributed by atoms with Gasteiger partial charge in [-0.3, -0.25) is 4.90 Å². The number of nitrogens with zero attached hydrogens (tertiary/aromatic N) is 2. The van der Waals surface area contributed by atoms with E-state index in [4.69, 9.17) is 4.74 Å². The van der Waals surface area contributed by atoms with Crippen LogP contribution in [0.4, 0.5) is 4.79 Å². The molecule has 0 spiro atoms. The van der Waals surface area contributed by atoms with Gasteiger partial charge in [0, 0.05) is 30.1 Å². The number of likely N-dealkylation sites (tertiary alicyclic amines) is 1. The Bertz CT molecular complexity index is 473. The first kappa shape index (κ1) is 17.3. The topological polar surface area (TPSA) is 32.8 Å². The second kappa shape index (κ2) is 7.01. The van der Waals surface area contributed by atoms with Crippen LogP contribution >= 0.6 is 11.3 Å². The van der Waals surface area contributed by atoms with Crippen LogP contribution in [-0.4, -0.2) is 47.7 Å². The van der Waals surface area contributed by atoms with Crippen molar-refractivity contribution in [1.29, 1.82) is 0 Å². The van der Waals surface area contributed by atoms with E-state index in [1.54, 1.807) is 0 Å². The van der Waals surface area contributed by atoms with E-state index in [-0.39, 0.29) is 6.09 Å². The van der Waals surface area contributed by atoms with Crippen LogP contribution in [0.3, 0.4) is 0 Å². The molecule has 1 aliphatic rings. The standard InChI is InChI=1S/C17H28N2O2S/c1-13(15-7-6-12-22-15)18(5)14-8-10-19(11-9-14)16(20)21-17(2,3)4/h6-7,12-14H,8-11H2,1-5H3/t13-/m0/s1. The van der Waals surface area contributed by atoms with Crippen molar-refractivity contribution in [3.8, 4) is 0 Å². The van der Waals surface area contributed by atoms with Gasteiger partial charge in [-0.25, -0.2) is 4.79 Å². The number of carbonyl (C=O) groups excluding carboxylic acids is 1. The molecule has 124 valence electrons. The molecule has 5 heteroatoms. The Morgan fingerprint density at radius 1 is 1.41 bits per heavy atom. The van der Waals surface area contributed by atoms with Crippen molar-refractivity contribution in [2.75, 3.05) is 20.1 Å². The number of amides is 1. The first-order chi connectivity index (χ1) is 10.3. The fraction of sp³-hybridized carbons (Fsp3) is 0.706. The third kappa shape index (κ3) is 4.46. The van der Waals surface area contributed by atoms with Gasteiger partial charge >= 0.3 is 6.09 Å². The molecule has 0 radical (unpaired) electrons. The van der Waals surface area contributed by atoms with Gasteiger partial charge in [0.05, 0.1) is 0 Å². The minimum atomic E-state index is -0.418. The maximum atomic E-state index is 12.1. The normalized spacial score (nSPS) is 18.5. The summed E-state index contributed by atoms with van der Waals surface area (Å²) >= 11 is 1.81. The van der Waals surface area contributed by atoms with Gasteiger partial charge in [-0.15, -0.1) is 11.3 Å². The number of carbonyl (C=O) groups is 1. The summed E-state index contributed by atoms with van der Waals surface area (Å²) < 4.78 is 5.45. The van der Waals surface area contributed by atoms with Gasteiger partial charge in [0.15, 0.2) is 0 Å². The Hall–Kier alpha value is -1.07. The number of hydrogen-bond acceptors (Lipinski definition) is 4. The molecule has 0 saturated carbocycles. The summed E-state index contributed by atoms with van der Waals surface area (Å²) in [5.41, 5.74) is -0.418. The average molecular weight is 324 g/mol. The van der Waals surface area contributed by atoms with Crippen molar-refractivity contribution in [2.45, 2.75) is 58.2 Å². The minimum Gasteiger partial charge on any atom is -0.444 e. The maximum Gasteiger partial charge on any atom is 0.410 e. The molecular formula is C17H28N2O2S. The van der Waals surface area contributed by atoms with E-state index in [1.807, 2.05) is 37.0 Å². The number of thiophene rings is 1. The summed E-state index contributed by atoms with van der Waals surface area (Å²) in [6.07, 6.45) is 1.83. The zero-order valence-corrected chi connectivity index (χ0v) is 15.2. The molecule has 0 bridgehead atoms. The molecule has 1 aromatic rings. The molecule has 2 heterocycles. The first-order valence-electron chi connectivity index (χ1n) is 8.01. The SMILES string of the molecule is C[C@@H](c1cccs1)N(C)C1CCN(C(=O)OC(C)(C)C)CC1. The number of ether oxygens (including phenoxy) is 1. The van der Waals surface area contributed by atoms with Crippen LogP contribution < -0.4 is 0 Å². The van der Waals surface area contributed by atoms with E-state index in [1.165, 1.54) is 4.88 Å². The zero-order valence-electron chi connectivity index (χ0n) is 14.3. The molecular weight excluding hydrogens is 296 g/mol. The molecule has 0 N–H and O–H groups in total. The number of hydrogen-bond donors (Lipinski definition) is 0. The quantitative estimate of drug-likeness (QED) is 0.837. The van der Waals surface area contributed by atoms with Crippen molar-refractivity contribution in [3.63, 3.8) is 0 Å². The molecule has 22 heavy (non-hydrogen) atoms. The highest BCUT2D eigenvalue weighted by atomic mass is 32.1. The molecule has 0 unspecified atom stereocenters. The molecule has 1 fully saturated rings. The fourth-order valence-corrected chi connectivity index (χ4v) is 3.66. The van der Waals surface area contributed by atoms with E-state index in [0.29, 0.717) is 12.1 Å². The lowest BCUT2D eigenvalue weighted by Crippen LogP contribution is -2.47. The fourth-order valence-electron chi connectivity index (χ4n) is 2.83. The summed E-state index contributed by atoms with van der Waals surface area (Å²) in [6.45, 7) is 9.55. The van der Waals surface area contributed by atoms with E-state index in [0.717, 1.165) is 25.9 Å². The average Bonchev–Trinajstić information content (AvgIpc) is 2.98. The Morgan fingerprint density at radius 2 is 2.05 bits per heavy atom. The van der Waals surface area contributed by atoms with Crippen molar-refractivity contribution in [1.82, 2.24) is 9.80 Å². The van der Waals surface area contributed by atoms with Crippen molar-refractivity contribution < 1.29 is 9.53 Å². The third-order valence-corrected chi connectivity index (χ3v) is 5.30. The Morgan fingerprint density at radius 3 is 2.55 bits per heavy atom. The monoisotopic (exact) mass is 324 g/mol. The van der Waals surface area contributed by atoms with Crippen LogP contribution in [0, 0.1) is 0 Å². The molecule has 1 aromatic heterocycles. The van der Waals surface area contributed by atoms with Crippen molar-refractivity contribution in [3.05, 3.63) is 22.4 Å². The van der Waals surface area contributed by atoms with Crippen LogP contribution in [-0.2, 0) is 4.74 Å². The minimum absolute atomic E-state index is 0.181. The predicted molar refractivity (Wildman–Crippen MR) is 91.3 cm³/mol. The Labute approximate surface area is 138 Å². The summed E-state index contributed by atoms with van der Waals surface area (Å²) in [6, 6.07) is 5.26. The summed E-state index contributed by atoms with van der Waals surface area (Å²) in [5.74, 6) is 0. The smallest absolute Gasteiger partial charge is 0.410 e. The van der Waals surface area contributed by atoms with Gasteiger partial charge in [0.2, 0.25) is 0 Å². The van der Waals surface area contributed by atoms with Crippen LogP contribution in [0.25, 0.3) is 0 Å². The van der Waals surface area contributed by atoms with Crippen molar-refractivity contribution >= 4 is 17.4 Å². The molecule has 2 rings (SSSR count). The van der Waals surface area contributed by atoms with Crippen LogP contribution in [0.15, 0.2) is 17.5 Å². The second-order valence-electron chi connectivity index (χ2n) is 7.06. The van der Waals surface area contributed by atoms with E-state index >= 15 is 0 Å². The molecule has 1 saturated heterocycles. The van der Waals surface area contributed by atoms with Gasteiger partial charge in [0.25, 0.3) is 0 Å². The molecule has 1 amide bonds. The van der Waals surface area contributed by atoms with Gasteiger partial charge in [0.1, 0.15) is 5.60 Å². The first-order valence-corrected chi connectivity index (χ1v) is 8.89. The molecule has 0 aromatic carbocycles. The van der Waals surface area contributed by atoms with Gasteiger partial charge in [-0.1, -0.05) is 6.07 Å². The third-order valence-electron chi connectivity index (χ3n) is 4.26. The van der Waals surface area contributed by atoms with Crippen molar-refractivity contribution in [2.24, 2.45) is 0 Å². The van der Waals surface area contributed by atoms with E-state index in [9.17, 15) is 4.79 Å². The lowest BCUT2D eigenvalue weighted by atomic mass is 10.0. The highest BCUT2D eigenvalue weighted by molar-refractivity contribution is 7.10. The summed E-state index contributed by atoms with van der Waals surface area (Å²) in [4.78, 5) is 17.8. The molecule has 4 nitrogen and oxygen atoms in total. The highest BCUT2D eigenvalue weighted by Crippen LogP contribution is 2.28. The zero-order chi connectivity index (χ0) is 16.3. The van der Waals surface area contributed by atoms with Crippen LogP contribution in [0.2, 0.25) is 0 Å². The molecule has 1 atom stereocenters. The van der Waals surface area contributed by atoms with Gasteiger partial charge in [-0.05, 0) is 59.0 Å². The van der Waals surface area contributed by atoms with Gasteiger partial charge < -0.3 is 9.64 Å². The maximum absolute atomic E-state index is 12.1. The van der Waals surface area contributed by atoms with Crippen LogP contribution in [0.1, 0.15) is 51.5 Å². The Balaban J connectivity index is 1.85. The van der Waals surface area contributed by atoms with E-state index in [2.05, 4.69) is 36.4 Å². The van der Waals surface area contributed by atoms with E-state index < -0.39 is 5.60 Å². The molecule has 0 aliphatic carbocycles. The predicted octanol–water partition coefficient (Wildman–Crippen LogP) is 4.14. The second-order valence-corrected chi connectivity index (χ2v) is 8.03. The lowest BCUT2D eigenvalue weighted by molar-refractivity contribution is 0.0138. The number of rotatable bonds is 3. The molecule has 1 aliphatic heterocycles. The largest absolute Gasteiger partial charge is 0.444 e. The van der Waals surface area contributed by atoms with Gasteiger partial charge in [-0.2, -0.15) is 0 Å². The summed E-state index contributed by atoms with van der Waals surface area (Å²) in [5, 5.41) is 2.13. The lowest BCUT2D eigenvalue weighted by Gasteiger charge is -2.39. The Kier molecular flexibility index (Phi) is 5.50. The number of piperidine rings is 1. The highest BCUT2D eigenvalue weighted by Gasteiger charge is 2.30. The van der Waals surface area contributed by atoms with Crippen LogP contribution in [0.5, 0.6) is 0 Å². The summed E-state index contributed by atoms with van der Waals surface area (Å²) in [7, 11) is 2.19.